The number of hydrogen-bond acceptors (Lipinski definition) is 2. The van der Waals surface area contributed by atoms with Gasteiger partial charge in [-0.05, 0) is 18.7 Å². The number of rotatable bonds is 3. The van der Waals surface area contributed by atoms with Gasteiger partial charge in [0.15, 0.2) is 0 Å². The van der Waals surface area contributed by atoms with Gasteiger partial charge >= 0.3 is 0 Å². The Morgan fingerprint density at radius 1 is 1.27 bits per heavy atom. The average Bonchev–Trinajstić information content (AvgIpc) is 2.57. The van der Waals surface area contributed by atoms with Crippen molar-refractivity contribution >= 4 is 34.2 Å². The molecule has 15 heavy (non-hydrogen) atoms. The minimum Gasteiger partial charge on any atom is -0.460 e. The number of halogens is 2. The van der Waals surface area contributed by atoms with Crippen molar-refractivity contribution in [1.29, 1.82) is 0 Å². The van der Waals surface area contributed by atoms with Gasteiger partial charge in [-0.2, -0.15) is 0 Å². The van der Waals surface area contributed by atoms with Crippen LogP contribution in [0.15, 0.2) is 22.6 Å². The van der Waals surface area contributed by atoms with E-state index >= 15 is 0 Å². The highest BCUT2D eigenvalue weighted by Gasteiger charge is 2.07. The van der Waals surface area contributed by atoms with Crippen molar-refractivity contribution in [2.24, 2.45) is 0 Å². The van der Waals surface area contributed by atoms with Crippen molar-refractivity contribution in [3.63, 3.8) is 0 Å². The third kappa shape index (κ3) is 2.28. The normalized spacial score (nSPS) is 11.1. The summed E-state index contributed by atoms with van der Waals surface area (Å²) in [7, 11) is 0. The number of fused-ring (bicyclic) bond motifs is 1. The molecule has 0 radical (unpaired) electrons. The van der Waals surface area contributed by atoms with Gasteiger partial charge in [0, 0.05) is 16.5 Å². The van der Waals surface area contributed by atoms with Crippen LogP contribution in [-0.4, -0.2) is 6.54 Å². The van der Waals surface area contributed by atoms with Crippen LogP contribution in [0.3, 0.4) is 0 Å². The smallest absolute Gasteiger partial charge is 0.137 e. The van der Waals surface area contributed by atoms with Gasteiger partial charge in [0.2, 0.25) is 0 Å². The van der Waals surface area contributed by atoms with Crippen molar-refractivity contribution < 1.29 is 4.42 Å². The molecule has 2 nitrogen and oxygen atoms in total. The third-order valence-corrected chi connectivity index (χ3v) is 2.68. The molecule has 0 unspecified atom stereocenters. The van der Waals surface area contributed by atoms with Crippen LogP contribution in [0.2, 0.25) is 10.0 Å². The SMILES string of the molecule is CCNCc1cc2c(Cl)cc(Cl)cc2o1. The molecule has 0 fully saturated rings. The van der Waals surface area contributed by atoms with Crippen LogP contribution in [0.5, 0.6) is 0 Å². The molecule has 1 aromatic carbocycles. The lowest BCUT2D eigenvalue weighted by Crippen LogP contribution is -2.10. The molecule has 1 aromatic heterocycles. The molecule has 0 aliphatic rings. The molecule has 0 bridgehead atoms. The van der Waals surface area contributed by atoms with E-state index in [1.54, 1.807) is 12.1 Å². The van der Waals surface area contributed by atoms with Gasteiger partial charge in [-0.1, -0.05) is 30.1 Å². The Bertz CT molecular complexity index is 479. The minimum atomic E-state index is 0.594. The Balaban J connectivity index is 2.41. The van der Waals surface area contributed by atoms with Crippen molar-refractivity contribution in [1.82, 2.24) is 5.32 Å². The molecular weight excluding hydrogens is 233 g/mol. The Kier molecular flexibility index (Phi) is 3.19. The largest absolute Gasteiger partial charge is 0.460 e. The molecule has 2 aromatic rings. The van der Waals surface area contributed by atoms with E-state index in [4.69, 9.17) is 27.6 Å². The summed E-state index contributed by atoms with van der Waals surface area (Å²) >= 11 is 11.9. The number of benzene rings is 1. The average molecular weight is 244 g/mol. The van der Waals surface area contributed by atoms with E-state index in [0.29, 0.717) is 16.6 Å². The Morgan fingerprint density at radius 3 is 2.80 bits per heavy atom. The maximum absolute atomic E-state index is 6.04. The molecule has 80 valence electrons. The van der Waals surface area contributed by atoms with Crippen LogP contribution in [0.1, 0.15) is 12.7 Å². The lowest BCUT2D eigenvalue weighted by molar-refractivity contribution is 0.520. The van der Waals surface area contributed by atoms with E-state index in [0.717, 1.165) is 23.3 Å². The predicted octanol–water partition coefficient (Wildman–Crippen LogP) is 3.85. The molecule has 0 aliphatic heterocycles. The Morgan fingerprint density at radius 2 is 2.07 bits per heavy atom. The minimum absolute atomic E-state index is 0.594. The van der Waals surface area contributed by atoms with E-state index in [-0.39, 0.29) is 0 Å². The molecule has 0 atom stereocenters. The molecule has 4 heteroatoms. The molecule has 0 saturated heterocycles. The van der Waals surface area contributed by atoms with Gasteiger partial charge in [0.25, 0.3) is 0 Å². The van der Waals surface area contributed by atoms with E-state index in [1.165, 1.54) is 0 Å². The fourth-order valence-corrected chi connectivity index (χ4v) is 1.98. The van der Waals surface area contributed by atoms with Gasteiger partial charge < -0.3 is 9.73 Å². The van der Waals surface area contributed by atoms with Gasteiger partial charge in [-0.15, -0.1) is 0 Å². The summed E-state index contributed by atoms with van der Waals surface area (Å²) in [6.07, 6.45) is 0. The van der Waals surface area contributed by atoms with Gasteiger partial charge in [0.05, 0.1) is 11.6 Å². The van der Waals surface area contributed by atoms with Crippen LogP contribution in [-0.2, 0) is 6.54 Å². The standard InChI is InChI=1S/C11H11Cl2NO/c1-2-14-6-8-5-9-10(13)3-7(12)4-11(9)15-8/h3-5,14H,2,6H2,1H3. The number of hydrogen-bond donors (Lipinski definition) is 1. The first-order valence-corrected chi connectivity index (χ1v) is 5.54. The van der Waals surface area contributed by atoms with Crippen LogP contribution in [0.4, 0.5) is 0 Å². The predicted molar refractivity (Wildman–Crippen MR) is 63.6 cm³/mol. The summed E-state index contributed by atoms with van der Waals surface area (Å²) in [5.74, 6) is 0.871. The van der Waals surface area contributed by atoms with Crippen molar-refractivity contribution in [2.75, 3.05) is 6.54 Å². The second-order valence-corrected chi connectivity index (χ2v) is 4.14. The molecule has 0 spiro atoms. The first kappa shape index (κ1) is 10.8. The Hall–Kier alpha value is -0.700. The first-order chi connectivity index (χ1) is 7.20. The summed E-state index contributed by atoms with van der Waals surface area (Å²) in [6.45, 7) is 3.66. The molecule has 0 amide bonds. The zero-order valence-corrected chi connectivity index (χ0v) is 9.82. The summed E-state index contributed by atoms with van der Waals surface area (Å²) < 4.78 is 5.60. The van der Waals surface area contributed by atoms with Gasteiger partial charge in [-0.3, -0.25) is 0 Å². The summed E-state index contributed by atoms with van der Waals surface area (Å²) in [6, 6.07) is 5.44. The highest BCUT2D eigenvalue weighted by atomic mass is 35.5. The monoisotopic (exact) mass is 243 g/mol. The van der Waals surface area contributed by atoms with Crippen LogP contribution >= 0.6 is 23.2 Å². The second-order valence-electron chi connectivity index (χ2n) is 3.29. The van der Waals surface area contributed by atoms with E-state index in [9.17, 15) is 0 Å². The van der Waals surface area contributed by atoms with Crippen molar-refractivity contribution in [2.45, 2.75) is 13.5 Å². The van der Waals surface area contributed by atoms with E-state index in [1.807, 2.05) is 13.0 Å². The summed E-state index contributed by atoms with van der Waals surface area (Å²) in [5.41, 5.74) is 0.736. The molecule has 2 rings (SSSR count). The van der Waals surface area contributed by atoms with E-state index in [2.05, 4.69) is 5.32 Å². The quantitative estimate of drug-likeness (QED) is 0.887. The molecular formula is C11H11Cl2NO. The van der Waals surface area contributed by atoms with E-state index < -0.39 is 0 Å². The lowest BCUT2D eigenvalue weighted by Gasteiger charge is -1.95. The fraction of sp³-hybridized carbons (Fsp3) is 0.273. The zero-order chi connectivity index (χ0) is 10.8. The third-order valence-electron chi connectivity index (χ3n) is 2.15. The number of nitrogens with one attached hydrogen (secondary N) is 1. The maximum Gasteiger partial charge on any atom is 0.137 e. The van der Waals surface area contributed by atoms with Crippen LogP contribution in [0.25, 0.3) is 11.0 Å². The maximum atomic E-state index is 6.04. The molecule has 1 N–H and O–H groups in total. The highest BCUT2D eigenvalue weighted by molar-refractivity contribution is 6.38. The fourth-order valence-electron chi connectivity index (χ4n) is 1.45. The van der Waals surface area contributed by atoms with Crippen molar-refractivity contribution in [3.8, 4) is 0 Å². The molecule has 0 saturated carbocycles. The summed E-state index contributed by atoms with van der Waals surface area (Å²) in [5, 5.41) is 5.32. The zero-order valence-electron chi connectivity index (χ0n) is 8.31. The topological polar surface area (TPSA) is 25.2 Å². The van der Waals surface area contributed by atoms with Gasteiger partial charge in [0.1, 0.15) is 11.3 Å². The first-order valence-electron chi connectivity index (χ1n) is 4.79. The van der Waals surface area contributed by atoms with Gasteiger partial charge in [-0.25, -0.2) is 0 Å². The molecule has 1 heterocycles. The lowest BCUT2D eigenvalue weighted by atomic mass is 10.2. The summed E-state index contributed by atoms with van der Waals surface area (Å²) in [4.78, 5) is 0. The Labute approximate surface area is 98.2 Å². The van der Waals surface area contributed by atoms with Crippen molar-refractivity contribution in [3.05, 3.63) is 34.0 Å². The van der Waals surface area contributed by atoms with Crippen LogP contribution < -0.4 is 5.32 Å². The second kappa shape index (κ2) is 4.44. The number of furan rings is 1. The molecule has 0 aliphatic carbocycles. The van der Waals surface area contributed by atoms with Crippen LogP contribution in [0, 0.1) is 0 Å². The highest BCUT2D eigenvalue weighted by Crippen LogP contribution is 2.30.